The van der Waals surface area contributed by atoms with Crippen molar-refractivity contribution in [1.29, 1.82) is 0 Å². The summed E-state index contributed by atoms with van der Waals surface area (Å²) in [7, 11) is -3.84. The van der Waals surface area contributed by atoms with Gasteiger partial charge < -0.3 is 10.6 Å². The van der Waals surface area contributed by atoms with E-state index in [2.05, 4.69) is 10.6 Å². The van der Waals surface area contributed by atoms with E-state index in [4.69, 9.17) is 16.7 Å². The SMILES string of the molecule is NS(=O)(=O)c1cccc(NC(=O)CSCC(=O)Nc2ccc(Cl)cc2)c1. The van der Waals surface area contributed by atoms with E-state index in [1.54, 1.807) is 30.3 Å². The molecule has 0 saturated heterocycles. The molecule has 0 fully saturated rings. The molecular weight excluding hydrogens is 398 g/mol. The number of anilines is 2. The van der Waals surface area contributed by atoms with Crippen molar-refractivity contribution in [3.05, 3.63) is 53.6 Å². The van der Waals surface area contributed by atoms with Crippen LogP contribution in [0.1, 0.15) is 0 Å². The molecule has 0 atom stereocenters. The van der Waals surface area contributed by atoms with Gasteiger partial charge in [0.2, 0.25) is 21.8 Å². The van der Waals surface area contributed by atoms with Crippen molar-refractivity contribution in [2.45, 2.75) is 4.90 Å². The number of carbonyl (C=O) groups is 2. The van der Waals surface area contributed by atoms with Crippen LogP contribution in [0.15, 0.2) is 53.4 Å². The first kappa shape index (κ1) is 20.2. The molecule has 0 aliphatic carbocycles. The van der Waals surface area contributed by atoms with Crippen molar-refractivity contribution in [2.24, 2.45) is 5.14 Å². The maximum atomic E-state index is 11.9. The highest BCUT2D eigenvalue weighted by atomic mass is 35.5. The van der Waals surface area contributed by atoms with Crippen LogP contribution in [0, 0.1) is 0 Å². The maximum absolute atomic E-state index is 11.9. The fourth-order valence-electron chi connectivity index (χ4n) is 1.91. The molecule has 0 spiro atoms. The summed E-state index contributed by atoms with van der Waals surface area (Å²) in [4.78, 5) is 23.6. The number of amides is 2. The highest BCUT2D eigenvalue weighted by Gasteiger charge is 2.10. The predicted octanol–water partition coefficient (Wildman–Crippen LogP) is 2.30. The molecule has 2 amide bonds. The van der Waals surface area contributed by atoms with E-state index in [-0.39, 0.29) is 28.2 Å². The largest absolute Gasteiger partial charge is 0.325 e. The molecule has 4 N–H and O–H groups in total. The standard InChI is InChI=1S/C16H16ClN3O4S2/c17-11-4-6-12(7-5-11)19-15(21)9-25-10-16(22)20-13-2-1-3-14(8-13)26(18,23)24/h1-8H,9-10H2,(H,19,21)(H,20,22)(H2,18,23,24). The van der Waals surface area contributed by atoms with Crippen molar-refractivity contribution in [2.75, 3.05) is 22.1 Å². The second-order valence-electron chi connectivity index (χ2n) is 5.17. The minimum atomic E-state index is -3.84. The van der Waals surface area contributed by atoms with Crippen molar-refractivity contribution < 1.29 is 18.0 Å². The number of rotatable bonds is 7. The van der Waals surface area contributed by atoms with Crippen LogP contribution in [-0.2, 0) is 19.6 Å². The van der Waals surface area contributed by atoms with Gasteiger partial charge >= 0.3 is 0 Å². The van der Waals surface area contributed by atoms with Crippen molar-refractivity contribution in [1.82, 2.24) is 0 Å². The van der Waals surface area contributed by atoms with Crippen molar-refractivity contribution in [3.8, 4) is 0 Å². The first-order valence-electron chi connectivity index (χ1n) is 7.30. The third-order valence-electron chi connectivity index (χ3n) is 3.04. The van der Waals surface area contributed by atoms with Crippen LogP contribution in [0.5, 0.6) is 0 Å². The fourth-order valence-corrected chi connectivity index (χ4v) is 3.22. The minimum Gasteiger partial charge on any atom is -0.325 e. The summed E-state index contributed by atoms with van der Waals surface area (Å²) in [5.41, 5.74) is 0.928. The van der Waals surface area contributed by atoms with E-state index in [0.29, 0.717) is 16.4 Å². The minimum absolute atomic E-state index is 0.0354. The van der Waals surface area contributed by atoms with Crippen LogP contribution >= 0.6 is 23.4 Å². The first-order chi connectivity index (χ1) is 12.2. The van der Waals surface area contributed by atoms with E-state index in [1.165, 1.54) is 18.2 Å². The summed E-state index contributed by atoms with van der Waals surface area (Å²) in [5.74, 6) is -0.483. The van der Waals surface area contributed by atoms with Crippen LogP contribution in [0.3, 0.4) is 0 Å². The highest BCUT2D eigenvalue weighted by Crippen LogP contribution is 2.15. The molecule has 2 aromatic carbocycles. The molecule has 0 aromatic heterocycles. The Morgan fingerprint density at radius 1 is 0.962 bits per heavy atom. The lowest BCUT2D eigenvalue weighted by Crippen LogP contribution is -2.19. The normalized spacial score (nSPS) is 11.0. The quantitative estimate of drug-likeness (QED) is 0.643. The van der Waals surface area contributed by atoms with Crippen molar-refractivity contribution >= 4 is 56.6 Å². The van der Waals surface area contributed by atoms with Crippen molar-refractivity contribution in [3.63, 3.8) is 0 Å². The summed E-state index contributed by atoms with van der Waals surface area (Å²) in [5, 5.41) is 10.9. The molecule has 0 aliphatic heterocycles. The van der Waals surface area contributed by atoms with Gasteiger partial charge in [-0.1, -0.05) is 17.7 Å². The summed E-state index contributed by atoms with van der Waals surface area (Å²) >= 11 is 6.89. The lowest BCUT2D eigenvalue weighted by Gasteiger charge is -2.07. The molecule has 138 valence electrons. The number of primary sulfonamides is 1. The monoisotopic (exact) mass is 413 g/mol. The maximum Gasteiger partial charge on any atom is 0.238 e. The zero-order valence-electron chi connectivity index (χ0n) is 13.4. The van der Waals surface area contributed by atoms with E-state index in [0.717, 1.165) is 11.8 Å². The van der Waals surface area contributed by atoms with Gasteiger partial charge in [0, 0.05) is 16.4 Å². The molecule has 0 radical (unpaired) electrons. The Kier molecular flexibility index (Phi) is 7.04. The fraction of sp³-hybridized carbons (Fsp3) is 0.125. The molecule has 0 unspecified atom stereocenters. The Balaban J connectivity index is 1.78. The molecule has 10 heteroatoms. The topological polar surface area (TPSA) is 118 Å². The molecule has 0 aliphatic rings. The zero-order valence-corrected chi connectivity index (χ0v) is 15.8. The second-order valence-corrected chi connectivity index (χ2v) is 8.15. The Hall–Kier alpha value is -2.07. The Morgan fingerprint density at radius 2 is 1.54 bits per heavy atom. The molecule has 0 heterocycles. The number of thioether (sulfide) groups is 1. The molecule has 26 heavy (non-hydrogen) atoms. The number of carbonyl (C=O) groups excluding carboxylic acids is 2. The highest BCUT2D eigenvalue weighted by molar-refractivity contribution is 8.00. The molecular formula is C16H16ClN3O4S2. The third kappa shape index (κ3) is 6.68. The zero-order chi connectivity index (χ0) is 19.2. The predicted molar refractivity (Wildman–Crippen MR) is 104 cm³/mol. The number of sulfonamides is 1. The smallest absolute Gasteiger partial charge is 0.238 e. The molecule has 7 nitrogen and oxygen atoms in total. The summed E-state index contributed by atoms with van der Waals surface area (Å²) in [6, 6.07) is 12.3. The Labute approximate surface area is 160 Å². The van der Waals surface area contributed by atoms with Gasteiger partial charge in [-0.15, -0.1) is 11.8 Å². The van der Waals surface area contributed by atoms with Gasteiger partial charge in [0.1, 0.15) is 0 Å². The summed E-state index contributed by atoms with van der Waals surface area (Å²) < 4.78 is 22.6. The van der Waals surface area contributed by atoms with Gasteiger partial charge in [0.05, 0.1) is 16.4 Å². The second kappa shape index (κ2) is 9.04. The lowest BCUT2D eigenvalue weighted by molar-refractivity contribution is -0.114. The van der Waals surface area contributed by atoms with E-state index >= 15 is 0 Å². The summed E-state index contributed by atoms with van der Waals surface area (Å²) in [6.07, 6.45) is 0. The Bertz CT molecular complexity index is 902. The van der Waals surface area contributed by atoms with E-state index < -0.39 is 10.0 Å². The van der Waals surface area contributed by atoms with Gasteiger partial charge in [0.15, 0.2) is 0 Å². The molecule has 2 aromatic rings. The number of benzene rings is 2. The average molecular weight is 414 g/mol. The van der Waals surface area contributed by atoms with Crippen LogP contribution in [0.2, 0.25) is 5.02 Å². The summed E-state index contributed by atoms with van der Waals surface area (Å²) in [6.45, 7) is 0. The first-order valence-corrected chi connectivity index (χ1v) is 10.4. The molecule has 2 rings (SSSR count). The van der Waals surface area contributed by atoms with Crippen LogP contribution in [0.4, 0.5) is 11.4 Å². The van der Waals surface area contributed by atoms with Crippen LogP contribution in [0.25, 0.3) is 0 Å². The third-order valence-corrected chi connectivity index (χ3v) is 5.14. The lowest BCUT2D eigenvalue weighted by atomic mass is 10.3. The van der Waals surface area contributed by atoms with Gasteiger partial charge in [-0.25, -0.2) is 13.6 Å². The van der Waals surface area contributed by atoms with E-state index in [1.807, 2.05) is 0 Å². The number of hydrogen-bond acceptors (Lipinski definition) is 5. The number of hydrogen-bond donors (Lipinski definition) is 3. The van der Waals surface area contributed by atoms with Crippen LogP contribution in [-0.4, -0.2) is 31.7 Å². The number of halogens is 1. The van der Waals surface area contributed by atoms with E-state index in [9.17, 15) is 18.0 Å². The van der Waals surface area contributed by atoms with Gasteiger partial charge in [-0.05, 0) is 42.5 Å². The number of nitrogens with two attached hydrogens (primary N) is 1. The van der Waals surface area contributed by atoms with Gasteiger partial charge in [-0.3, -0.25) is 9.59 Å². The number of nitrogens with one attached hydrogen (secondary N) is 2. The molecule has 0 saturated carbocycles. The van der Waals surface area contributed by atoms with Crippen LogP contribution < -0.4 is 15.8 Å². The molecule has 0 bridgehead atoms. The van der Waals surface area contributed by atoms with Gasteiger partial charge in [0.25, 0.3) is 0 Å². The average Bonchev–Trinajstić information content (AvgIpc) is 2.56. The van der Waals surface area contributed by atoms with Gasteiger partial charge in [-0.2, -0.15) is 0 Å². The Morgan fingerprint density at radius 3 is 2.12 bits per heavy atom.